The summed E-state index contributed by atoms with van der Waals surface area (Å²) in [5, 5.41) is 14.3. The number of ether oxygens (including phenoxy) is 3. The van der Waals surface area contributed by atoms with Crippen molar-refractivity contribution in [3.63, 3.8) is 0 Å². The molecule has 1 N–H and O–H groups in total. The van der Waals surface area contributed by atoms with Crippen LogP contribution < -0.4 is 5.32 Å². The summed E-state index contributed by atoms with van der Waals surface area (Å²) < 4.78 is 15.6. The minimum atomic E-state index is -0.882. The number of methoxy groups -OCH3 is 1. The van der Waals surface area contributed by atoms with E-state index in [0.29, 0.717) is 17.0 Å². The van der Waals surface area contributed by atoms with Crippen LogP contribution in [0.1, 0.15) is 39.2 Å². The van der Waals surface area contributed by atoms with Gasteiger partial charge in [0.25, 0.3) is 5.69 Å². The van der Waals surface area contributed by atoms with Crippen LogP contribution in [-0.4, -0.2) is 81.0 Å². The van der Waals surface area contributed by atoms with Crippen LogP contribution in [0.5, 0.6) is 0 Å². The fourth-order valence-corrected chi connectivity index (χ4v) is 3.26. The second-order valence-corrected chi connectivity index (χ2v) is 7.07. The summed E-state index contributed by atoms with van der Waals surface area (Å²) in [6.45, 7) is 7.05. The summed E-state index contributed by atoms with van der Waals surface area (Å²) in [4.78, 5) is 36.6. The fourth-order valence-electron chi connectivity index (χ4n) is 3.26. The van der Waals surface area contributed by atoms with Crippen molar-refractivity contribution in [1.82, 2.24) is 5.32 Å². The second-order valence-electron chi connectivity index (χ2n) is 7.07. The summed E-state index contributed by atoms with van der Waals surface area (Å²) in [5.74, 6) is -2.13. The maximum atomic E-state index is 12.9. The standard InChI is InChI=1S/C21H26N2O7.Ca.2H/c1-12(2)30-21(25)18-14(4)22-13(3)17(20(24)29-10-9-28-5)19(18)15-7-6-8-16(11-15)23(26)27;;;/h6-8,11-12,19,22H,9-10H2,1-5H3;;;. The third-order valence-electron chi connectivity index (χ3n) is 4.48. The Balaban J connectivity index is 0.00000480. The van der Waals surface area contributed by atoms with E-state index in [0.717, 1.165) is 0 Å². The maximum absolute atomic E-state index is 12.9. The van der Waals surface area contributed by atoms with Gasteiger partial charge in [-0.2, -0.15) is 0 Å². The SMILES string of the molecule is COCCOC(=O)C1=C(C)NC(C)=C(C(=O)OC(C)C)C1c1cccc([N+](=O)[O-])c1.[CaH2]. The molecule has 1 aliphatic rings. The Bertz CT molecular complexity index is 909. The van der Waals surface area contributed by atoms with Crippen LogP contribution in [0.3, 0.4) is 0 Å². The number of dihydropyridines is 1. The van der Waals surface area contributed by atoms with Crippen LogP contribution in [-0.2, 0) is 23.8 Å². The van der Waals surface area contributed by atoms with Crippen molar-refractivity contribution in [3.05, 3.63) is 62.5 Å². The Morgan fingerprint density at radius 1 is 1.13 bits per heavy atom. The summed E-state index contributed by atoms with van der Waals surface area (Å²) >= 11 is 0. The molecule has 1 unspecified atom stereocenters. The normalized spacial score (nSPS) is 15.9. The number of nitro groups is 1. The monoisotopic (exact) mass is 460 g/mol. The van der Waals surface area contributed by atoms with Gasteiger partial charge in [0, 0.05) is 30.6 Å². The average molecular weight is 461 g/mol. The number of benzene rings is 1. The summed E-state index contributed by atoms with van der Waals surface area (Å²) in [5.41, 5.74) is 1.65. The molecule has 0 bridgehead atoms. The number of allylic oxidation sites excluding steroid dienone is 2. The predicted octanol–water partition coefficient (Wildman–Crippen LogP) is 2.05. The molecule has 1 heterocycles. The first-order valence-electron chi connectivity index (χ1n) is 9.47. The Morgan fingerprint density at radius 3 is 2.29 bits per heavy atom. The summed E-state index contributed by atoms with van der Waals surface area (Å²) in [6, 6.07) is 5.84. The van der Waals surface area contributed by atoms with Gasteiger partial charge in [0.2, 0.25) is 0 Å². The van der Waals surface area contributed by atoms with Gasteiger partial charge in [0.1, 0.15) is 6.61 Å². The first kappa shape index (κ1) is 27.1. The van der Waals surface area contributed by atoms with Gasteiger partial charge >= 0.3 is 49.7 Å². The molecule has 0 radical (unpaired) electrons. The number of carbonyl (C=O) groups excluding carboxylic acids is 2. The Labute approximate surface area is 211 Å². The molecule has 0 saturated heterocycles. The third-order valence-corrected chi connectivity index (χ3v) is 4.48. The number of nitro benzene ring substituents is 1. The Morgan fingerprint density at radius 2 is 1.74 bits per heavy atom. The molecule has 31 heavy (non-hydrogen) atoms. The van der Waals surface area contributed by atoms with Crippen molar-refractivity contribution in [3.8, 4) is 0 Å². The molecule has 1 atom stereocenters. The molecular weight excluding hydrogens is 432 g/mol. The van der Waals surface area contributed by atoms with Crippen molar-refractivity contribution in [2.24, 2.45) is 0 Å². The van der Waals surface area contributed by atoms with Crippen LogP contribution in [0.25, 0.3) is 0 Å². The van der Waals surface area contributed by atoms with E-state index in [-0.39, 0.29) is 73.9 Å². The van der Waals surface area contributed by atoms with Gasteiger partial charge < -0.3 is 19.5 Å². The molecule has 0 amide bonds. The van der Waals surface area contributed by atoms with E-state index in [9.17, 15) is 19.7 Å². The van der Waals surface area contributed by atoms with Gasteiger partial charge in [-0.1, -0.05) is 12.1 Å². The van der Waals surface area contributed by atoms with Gasteiger partial charge in [-0.15, -0.1) is 0 Å². The number of rotatable bonds is 8. The number of esters is 2. The molecule has 0 saturated carbocycles. The van der Waals surface area contributed by atoms with E-state index >= 15 is 0 Å². The minimum absolute atomic E-state index is 0. The molecular formula is C21H28CaN2O7. The van der Waals surface area contributed by atoms with Crippen LogP contribution >= 0.6 is 0 Å². The predicted molar refractivity (Wildman–Crippen MR) is 117 cm³/mol. The van der Waals surface area contributed by atoms with Crippen molar-refractivity contribution in [2.45, 2.75) is 39.7 Å². The molecule has 0 aromatic heterocycles. The van der Waals surface area contributed by atoms with Crippen LogP contribution in [0.2, 0.25) is 0 Å². The van der Waals surface area contributed by atoms with E-state index < -0.39 is 22.8 Å². The van der Waals surface area contributed by atoms with Crippen molar-refractivity contribution in [1.29, 1.82) is 0 Å². The molecule has 1 aliphatic heterocycles. The third kappa shape index (κ3) is 6.77. The molecule has 0 aliphatic carbocycles. The molecule has 10 heteroatoms. The van der Waals surface area contributed by atoms with Gasteiger partial charge in [0.15, 0.2) is 0 Å². The number of nitrogens with zero attached hydrogens (tertiary/aromatic N) is 1. The van der Waals surface area contributed by atoms with Gasteiger partial charge in [0.05, 0.1) is 34.7 Å². The summed E-state index contributed by atoms with van der Waals surface area (Å²) in [6.07, 6.45) is -0.382. The van der Waals surface area contributed by atoms with E-state index in [1.165, 1.54) is 25.3 Å². The van der Waals surface area contributed by atoms with E-state index in [1.54, 1.807) is 33.8 Å². The first-order chi connectivity index (χ1) is 14.2. The zero-order valence-electron chi connectivity index (χ0n) is 17.7. The van der Waals surface area contributed by atoms with Gasteiger partial charge in [-0.3, -0.25) is 10.1 Å². The first-order valence-corrected chi connectivity index (χ1v) is 9.47. The molecule has 2 rings (SSSR count). The number of non-ortho nitro benzene ring substituents is 1. The zero-order chi connectivity index (χ0) is 22.4. The van der Waals surface area contributed by atoms with E-state index in [2.05, 4.69) is 5.32 Å². The number of nitrogens with one attached hydrogen (secondary N) is 1. The average Bonchev–Trinajstić information content (AvgIpc) is 2.66. The molecule has 0 spiro atoms. The van der Waals surface area contributed by atoms with Gasteiger partial charge in [-0.25, -0.2) is 9.59 Å². The van der Waals surface area contributed by atoms with Crippen molar-refractivity contribution >= 4 is 55.4 Å². The van der Waals surface area contributed by atoms with Gasteiger partial charge in [-0.05, 0) is 33.3 Å². The Kier molecular flexibility index (Phi) is 10.7. The zero-order valence-corrected chi connectivity index (χ0v) is 17.7. The molecule has 0 fully saturated rings. The molecule has 1 aromatic rings. The quantitative estimate of drug-likeness (QED) is 0.206. The fraction of sp³-hybridized carbons (Fsp3) is 0.429. The molecule has 9 nitrogen and oxygen atoms in total. The number of hydrogen-bond donors (Lipinski definition) is 1. The molecule has 1 aromatic carbocycles. The topological polar surface area (TPSA) is 117 Å². The van der Waals surface area contributed by atoms with Crippen molar-refractivity contribution < 1.29 is 28.7 Å². The van der Waals surface area contributed by atoms with Crippen LogP contribution in [0.15, 0.2) is 46.8 Å². The van der Waals surface area contributed by atoms with Crippen LogP contribution in [0, 0.1) is 10.1 Å². The van der Waals surface area contributed by atoms with Crippen molar-refractivity contribution in [2.75, 3.05) is 20.3 Å². The van der Waals surface area contributed by atoms with E-state index in [1.807, 2.05) is 0 Å². The number of carbonyl (C=O) groups is 2. The number of hydrogen-bond acceptors (Lipinski definition) is 8. The Hall–Kier alpha value is -1.94. The molecule has 166 valence electrons. The summed E-state index contributed by atoms with van der Waals surface area (Å²) in [7, 11) is 1.48. The second kappa shape index (κ2) is 12.2. The van der Waals surface area contributed by atoms with E-state index in [4.69, 9.17) is 14.2 Å². The van der Waals surface area contributed by atoms with Crippen LogP contribution in [0.4, 0.5) is 5.69 Å².